The molecule has 0 N–H and O–H groups in total. The second-order valence-corrected chi connectivity index (χ2v) is 9.29. The molecular formula is C22H32F3N3O4. The van der Waals surface area contributed by atoms with Gasteiger partial charge in [0.05, 0.1) is 24.7 Å². The summed E-state index contributed by atoms with van der Waals surface area (Å²) < 4.78 is 48.9. The molecule has 0 radical (unpaired) electrons. The van der Waals surface area contributed by atoms with Crippen molar-refractivity contribution < 1.29 is 32.3 Å². The number of morpholine rings is 1. The fourth-order valence-corrected chi connectivity index (χ4v) is 3.69. The first-order chi connectivity index (χ1) is 14.9. The van der Waals surface area contributed by atoms with E-state index in [0.29, 0.717) is 63.7 Å². The molecule has 1 aromatic rings. The number of halogens is 3. The Morgan fingerprint density at radius 2 is 1.81 bits per heavy atom. The Bertz CT molecular complexity index is 792. The van der Waals surface area contributed by atoms with E-state index in [9.17, 15) is 18.0 Å². The first kappa shape index (κ1) is 24.6. The molecule has 2 saturated heterocycles. The molecule has 2 aliphatic rings. The summed E-state index contributed by atoms with van der Waals surface area (Å²) in [4.78, 5) is 21.7. The lowest BCUT2D eigenvalue weighted by Gasteiger charge is -2.39. The van der Waals surface area contributed by atoms with Gasteiger partial charge in [-0.2, -0.15) is 0 Å². The van der Waals surface area contributed by atoms with Crippen LogP contribution in [0.3, 0.4) is 0 Å². The van der Waals surface area contributed by atoms with E-state index in [1.165, 1.54) is 6.07 Å². The molecule has 0 spiro atoms. The molecule has 1 aromatic carbocycles. The number of ether oxygens (including phenoxy) is 2. The number of hydrogen-bond donors (Lipinski definition) is 0. The average molecular weight is 460 g/mol. The molecule has 0 aliphatic carbocycles. The molecule has 2 heterocycles. The van der Waals surface area contributed by atoms with E-state index >= 15 is 0 Å². The summed E-state index contributed by atoms with van der Waals surface area (Å²) in [6.45, 7) is 11.5. The number of alkyl halides is 3. The maximum atomic E-state index is 13.1. The second kappa shape index (κ2) is 9.84. The summed E-state index contributed by atoms with van der Waals surface area (Å²) >= 11 is 0. The summed E-state index contributed by atoms with van der Waals surface area (Å²) in [6, 6.07) is 4.89. The summed E-state index contributed by atoms with van der Waals surface area (Å²) in [5.41, 5.74) is 0.540. The third-order valence-electron chi connectivity index (χ3n) is 5.51. The van der Waals surface area contributed by atoms with Crippen LogP contribution in [0.4, 0.5) is 18.9 Å². The van der Waals surface area contributed by atoms with Gasteiger partial charge in [0.2, 0.25) is 0 Å². The van der Waals surface area contributed by atoms with E-state index in [0.717, 1.165) is 0 Å². The summed E-state index contributed by atoms with van der Waals surface area (Å²) in [5, 5.41) is 1.65. The summed E-state index contributed by atoms with van der Waals surface area (Å²) in [7, 11) is 0. The van der Waals surface area contributed by atoms with E-state index in [4.69, 9.17) is 9.57 Å². The van der Waals surface area contributed by atoms with Crippen molar-refractivity contribution in [1.82, 2.24) is 9.96 Å². The third-order valence-corrected chi connectivity index (χ3v) is 5.51. The lowest BCUT2D eigenvalue weighted by molar-refractivity contribution is -0.275. The minimum atomic E-state index is -4.77. The molecule has 0 aromatic heterocycles. The Kier molecular flexibility index (Phi) is 7.57. The van der Waals surface area contributed by atoms with Gasteiger partial charge in [0.1, 0.15) is 5.75 Å². The Morgan fingerprint density at radius 3 is 2.41 bits per heavy atom. The van der Waals surface area contributed by atoms with Crippen LogP contribution in [0.25, 0.3) is 0 Å². The molecule has 0 bridgehead atoms. The van der Waals surface area contributed by atoms with Crippen molar-refractivity contribution in [2.75, 3.05) is 50.8 Å². The van der Waals surface area contributed by atoms with Crippen LogP contribution in [0.5, 0.6) is 5.75 Å². The van der Waals surface area contributed by atoms with Gasteiger partial charge in [-0.1, -0.05) is 6.07 Å². The zero-order valence-electron chi connectivity index (χ0n) is 19.1. The molecule has 7 nitrogen and oxygen atoms in total. The number of rotatable bonds is 5. The van der Waals surface area contributed by atoms with Crippen molar-refractivity contribution in [2.24, 2.45) is 5.41 Å². The van der Waals surface area contributed by atoms with Gasteiger partial charge in [0.15, 0.2) is 0 Å². The highest BCUT2D eigenvalue weighted by Gasteiger charge is 2.34. The second-order valence-electron chi connectivity index (χ2n) is 9.29. The third kappa shape index (κ3) is 6.73. The van der Waals surface area contributed by atoms with E-state index in [1.807, 2.05) is 22.8 Å². The highest BCUT2D eigenvalue weighted by molar-refractivity contribution is 5.75. The van der Waals surface area contributed by atoms with Gasteiger partial charge in [0.25, 0.3) is 0 Å². The molecule has 0 unspecified atom stereocenters. The Hall–Kier alpha value is -2.04. The van der Waals surface area contributed by atoms with Crippen LogP contribution in [0.2, 0.25) is 0 Å². The molecule has 32 heavy (non-hydrogen) atoms. The number of nitrogens with zero attached hydrogens (tertiary/aromatic N) is 3. The smallest absolute Gasteiger partial charge is 0.405 e. The molecule has 1 atom stereocenters. The van der Waals surface area contributed by atoms with Crippen molar-refractivity contribution in [3.63, 3.8) is 0 Å². The SMILES string of the molecule is C[C@H]1CN(Cc2ccc(N3CCOCC3)cc2OC(F)(F)F)CCN1OC(=O)C(C)(C)C. The lowest BCUT2D eigenvalue weighted by atomic mass is 9.98. The average Bonchev–Trinajstić information content (AvgIpc) is 2.70. The molecular weight excluding hydrogens is 427 g/mol. The number of piperazine rings is 1. The van der Waals surface area contributed by atoms with Gasteiger partial charge < -0.3 is 19.2 Å². The topological polar surface area (TPSA) is 54.5 Å². The van der Waals surface area contributed by atoms with Gasteiger partial charge in [-0.25, -0.2) is 4.79 Å². The van der Waals surface area contributed by atoms with Gasteiger partial charge in [-0.05, 0) is 33.8 Å². The van der Waals surface area contributed by atoms with Gasteiger partial charge in [0, 0.05) is 56.6 Å². The minimum absolute atomic E-state index is 0.0883. The van der Waals surface area contributed by atoms with Gasteiger partial charge >= 0.3 is 12.3 Å². The fourth-order valence-electron chi connectivity index (χ4n) is 3.69. The lowest BCUT2D eigenvalue weighted by Crippen LogP contribution is -2.52. The summed E-state index contributed by atoms with van der Waals surface area (Å²) in [5.74, 6) is -0.493. The van der Waals surface area contributed by atoms with Crippen molar-refractivity contribution >= 4 is 11.7 Å². The number of hydrogen-bond acceptors (Lipinski definition) is 7. The van der Waals surface area contributed by atoms with E-state index < -0.39 is 11.8 Å². The van der Waals surface area contributed by atoms with Crippen molar-refractivity contribution in [3.8, 4) is 5.75 Å². The van der Waals surface area contributed by atoms with Gasteiger partial charge in [-0.3, -0.25) is 4.90 Å². The largest absolute Gasteiger partial charge is 0.573 e. The normalized spacial score (nSPS) is 21.5. The highest BCUT2D eigenvalue weighted by Crippen LogP contribution is 2.32. The Morgan fingerprint density at radius 1 is 1.12 bits per heavy atom. The maximum absolute atomic E-state index is 13.1. The number of benzene rings is 1. The molecule has 10 heteroatoms. The van der Waals surface area contributed by atoms with E-state index in [2.05, 4.69) is 4.74 Å². The van der Waals surface area contributed by atoms with Crippen LogP contribution < -0.4 is 9.64 Å². The van der Waals surface area contributed by atoms with Crippen LogP contribution in [0.15, 0.2) is 18.2 Å². The zero-order chi connectivity index (χ0) is 23.5. The van der Waals surface area contributed by atoms with Crippen LogP contribution in [0, 0.1) is 5.41 Å². The van der Waals surface area contributed by atoms with Crippen LogP contribution >= 0.6 is 0 Å². The molecule has 3 rings (SSSR count). The predicted octanol–water partition coefficient (Wildman–Crippen LogP) is 3.43. The first-order valence-corrected chi connectivity index (χ1v) is 10.8. The van der Waals surface area contributed by atoms with Crippen molar-refractivity contribution in [2.45, 2.75) is 46.6 Å². The minimum Gasteiger partial charge on any atom is -0.405 e. The molecule has 2 fully saturated rings. The maximum Gasteiger partial charge on any atom is 0.573 e. The quantitative estimate of drug-likeness (QED) is 0.669. The molecule has 0 saturated carbocycles. The summed E-state index contributed by atoms with van der Waals surface area (Å²) in [6.07, 6.45) is -4.77. The van der Waals surface area contributed by atoms with Crippen molar-refractivity contribution in [3.05, 3.63) is 23.8 Å². The number of anilines is 1. The number of carbonyl (C=O) groups is 1. The van der Waals surface area contributed by atoms with Crippen molar-refractivity contribution in [1.29, 1.82) is 0 Å². The predicted molar refractivity (Wildman–Crippen MR) is 113 cm³/mol. The standard InChI is InChI=1S/C22H32F3N3O4/c1-16-14-26(7-8-28(16)32-20(29)21(2,3)4)15-17-5-6-18(27-9-11-30-12-10-27)13-19(17)31-22(23,24)25/h5-6,13,16H,7-12,14-15H2,1-4H3/t16-/m0/s1. The Balaban J connectivity index is 1.69. The van der Waals surface area contributed by atoms with Crippen LogP contribution in [-0.2, 0) is 20.9 Å². The van der Waals surface area contributed by atoms with Gasteiger partial charge in [-0.15, -0.1) is 18.2 Å². The van der Waals surface area contributed by atoms with Crippen LogP contribution in [-0.4, -0.2) is 74.3 Å². The monoisotopic (exact) mass is 459 g/mol. The first-order valence-electron chi connectivity index (χ1n) is 10.8. The highest BCUT2D eigenvalue weighted by atomic mass is 19.4. The van der Waals surface area contributed by atoms with E-state index in [1.54, 1.807) is 31.9 Å². The van der Waals surface area contributed by atoms with E-state index in [-0.39, 0.29) is 17.8 Å². The number of hydroxylamine groups is 2. The Labute approximate surface area is 186 Å². The fraction of sp³-hybridized carbons (Fsp3) is 0.682. The van der Waals surface area contributed by atoms with Crippen LogP contribution in [0.1, 0.15) is 33.3 Å². The zero-order valence-corrected chi connectivity index (χ0v) is 19.1. The number of carbonyl (C=O) groups excluding carboxylic acids is 1. The molecule has 180 valence electrons. The molecule has 2 aliphatic heterocycles. The molecule has 0 amide bonds.